The van der Waals surface area contributed by atoms with Crippen LogP contribution in [0.3, 0.4) is 0 Å². The Kier molecular flexibility index (Phi) is 3.43. The zero-order chi connectivity index (χ0) is 10.0. The van der Waals surface area contributed by atoms with Crippen LogP contribution in [0.15, 0.2) is 17.0 Å². The van der Waals surface area contributed by atoms with Gasteiger partial charge in [0.05, 0.1) is 4.90 Å². The van der Waals surface area contributed by atoms with Gasteiger partial charge in [-0.15, -0.1) is 0 Å². The highest BCUT2D eigenvalue weighted by molar-refractivity contribution is 8.27. The molecule has 0 aliphatic carbocycles. The van der Waals surface area contributed by atoms with Crippen LogP contribution in [0.25, 0.3) is 0 Å². The third-order valence-electron chi connectivity index (χ3n) is 1.49. The summed E-state index contributed by atoms with van der Waals surface area (Å²) in [4.78, 5) is -0.243. The van der Waals surface area contributed by atoms with Crippen LogP contribution in [0.5, 0.6) is 0 Å². The fourth-order valence-electron chi connectivity index (χ4n) is 0.922. The summed E-state index contributed by atoms with van der Waals surface area (Å²) < 4.78 is 26.2. The molecule has 0 amide bonds. The van der Waals surface area contributed by atoms with E-state index in [-0.39, 0.29) is 11.4 Å². The van der Waals surface area contributed by atoms with Crippen LogP contribution >= 0.6 is 0 Å². The first-order valence-corrected chi connectivity index (χ1v) is 5.61. The molecule has 0 heterocycles. The van der Waals surface area contributed by atoms with E-state index in [0.717, 1.165) is 12.1 Å². The number of benzene rings is 1. The molecular weight excluding hydrogens is 214 g/mol. The second kappa shape index (κ2) is 4.19. The van der Waals surface area contributed by atoms with E-state index >= 15 is 0 Å². The van der Waals surface area contributed by atoms with Gasteiger partial charge < -0.3 is 5.73 Å². The van der Waals surface area contributed by atoms with E-state index in [0.29, 0.717) is 5.56 Å². The Labute approximate surface area is 81.6 Å². The van der Waals surface area contributed by atoms with Gasteiger partial charge in [0.25, 0.3) is 0 Å². The van der Waals surface area contributed by atoms with Crippen LogP contribution in [-0.2, 0) is 27.4 Å². The van der Waals surface area contributed by atoms with Gasteiger partial charge in [0.15, 0.2) is 0 Å². The summed E-state index contributed by atoms with van der Waals surface area (Å²) in [5.74, 6) is -1.44. The zero-order valence-corrected chi connectivity index (χ0v) is 8.22. The van der Waals surface area contributed by atoms with Gasteiger partial charge in [-0.1, -0.05) is 0 Å². The summed E-state index contributed by atoms with van der Waals surface area (Å²) in [5.41, 5.74) is 5.61. The minimum absolute atomic E-state index is 0.0872. The number of hydrogen-bond donors (Lipinski definition) is 2. The second-order valence-corrected chi connectivity index (χ2v) is 4.47. The van der Waals surface area contributed by atoms with E-state index < -0.39 is 21.3 Å². The van der Waals surface area contributed by atoms with Gasteiger partial charge in [0, 0.05) is 6.54 Å². The number of hydrogen-bond acceptors (Lipinski definition) is 2. The highest BCUT2D eigenvalue weighted by atomic mass is 32.8. The van der Waals surface area contributed by atoms with Crippen LogP contribution in [0.2, 0.25) is 0 Å². The van der Waals surface area contributed by atoms with E-state index in [1.54, 1.807) is 0 Å². The molecule has 0 spiro atoms. The Hall–Kier alpha value is -0.430. The third-order valence-corrected chi connectivity index (χ3v) is 2.79. The Morgan fingerprint density at radius 3 is 2.08 bits per heavy atom. The summed E-state index contributed by atoms with van der Waals surface area (Å²) >= 11 is 4.59. The maximum atomic E-state index is 13.1. The van der Waals surface area contributed by atoms with Crippen LogP contribution in [0, 0.1) is 11.6 Å². The first-order valence-electron chi connectivity index (χ1n) is 3.40. The molecule has 72 valence electrons. The molecular formula is C7H8F2N2S2. The quantitative estimate of drug-likeness (QED) is 0.776. The van der Waals surface area contributed by atoms with Gasteiger partial charge in [-0.25, -0.2) is 8.78 Å². The van der Waals surface area contributed by atoms with E-state index in [1.807, 2.05) is 0 Å². The van der Waals surface area contributed by atoms with E-state index in [4.69, 9.17) is 10.9 Å². The highest BCUT2D eigenvalue weighted by Gasteiger charge is 2.11. The minimum Gasteiger partial charge on any atom is -0.326 e. The van der Waals surface area contributed by atoms with Crippen molar-refractivity contribution >= 4 is 20.8 Å². The van der Waals surface area contributed by atoms with Crippen molar-refractivity contribution in [2.24, 2.45) is 10.9 Å². The monoisotopic (exact) mass is 222 g/mol. The summed E-state index contributed by atoms with van der Waals surface area (Å²) in [6.07, 6.45) is 0. The molecule has 1 aromatic rings. The molecule has 0 aliphatic rings. The molecule has 0 bridgehead atoms. The van der Waals surface area contributed by atoms with Gasteiger partial charge in [0.1, 0.15) is 11.6 Å². The van der Waals surface area contributed by atoms with Crippen molar-refractivity contribution in [2.45, 2.75) is 11.4 Å². The molecule has 0 aliphatic heterocycles. The minimum atomic E-state index is -1.32. The summed E-state index contributed by atoms with van der Waals surface area (Å²) in [6.45, 7) is 0.0872. The Bertz CT molecular complexity index is 331. The van der Waals surface area contributed by atoms with Crippen LogP contribution in [-0.4, -0.2) is 0 Å². The van der Waals surface area contributed by atoms with E-state index in [1.165, 1.54) is 0 Å². The maximum absolute atomic E-state index is 13.1. The smallest absolute Gasteiger partial charge is 0.141 e. The molecule has 0 saturated heterocycles. The third kappa shape index (κ3) is 2.28. The average molecular weight is 222 g/mol. The lowest BCUT2D eigenvalue weighted by atomic mass is 10.2. The van der Waals surface area contributed by atoms with Crippen LogP contribution < -0.4 is 10.9 Å². The van der Waals surface area contributed by atoms with Crippen molar-refractivity contribution in [3.8, 4) is 0 Å². The van der Waals surface area contributed by atoms with Gasteiger partial charge in [-0.2, -0.15) is 0 Å². The lowest BCUT2D eigenvalue weighted by molar-refractivity contribution is 0.537. The zero-order valence-electron chi connectivity index (χ0n) is 6.59. The first-order chi connectivity index (χ1) is 6.06. The predicted octanol–water partition coefficient (Wildman–Crippen LogP) is 0.736. The molecule has 4 N–H and O–H groups in total. The standard InChI is InChI=1S/C7H8F2N2S2/c8-5-1-4(3-10)2-6(9)7(5)13(11)12/h1-2H,3,10-11H2. The molecule has 0 saturated carbocycles. The van der Waals surface area contributed by atoms with Crippen LogP contribution in [0.1, 0.15) is 5.56 Å². The van der Waals surface area contributed by atoms with Crippen molar-refractivity contribution in [3.63, 3.8) is 0 Å². The Morgan fingerprint density at radius 1 is 1.31 bits per heavy atom. The topological polar surface area (TPSA) is 52.0 Å². The number of rotatable bonds is 2. The number of halogens is 2. The van der Waals surface area contributed by atoms with Crippen molar-refractivity contribution in [1.29, 1.82) is 0 Å². The second-order valence-electron chi connectivity index (χ2n) is 2.39. The molecule has 2 nitrogen and oxygen atoms in total. The summed E-state index contributed by atoms with van der Waals surface area (Å²) in [7, 11) is -1.32. The summed E-state index contributed by atoms with van der Waals surface area (Å²) in [6, 6.07) is 2.30. The van der Waals surface area contributed by atoms with Gasteiger partial charge in [0.2, 0.25) is 0 Å². The van der Waals surface area contributed by atoms with Crippen LogP contribution in [0.4, 0.5) is 8.78 Å². The first kappa shape index (κ1) is 10.6. The molecule has 13 heavy (non-hydrogen) atoms. The fraction of sp³-hybridized carbons (Fsp3) is 0.143. The lowest BCUT2D eigenvalue weighted by Gasteiger charge is -2.05. The maximum Gasteiger partial charge on any atom is 0.141 e. The van der Waals surface area contributed by atoms with Gasteiger partial charge >= 0.3 is 0 Å². The van der Waals surface area contributed by atoms with Gasteiger partial charge in [-0.05, 0) is 38.5 Å². The van der Waals surface area contributed by atoms with E-state index in [9.17, 15) is 8.78 Å². The van der Waals surface area contributed by atoms with Crippen molar-refractivity contribution in [2.75, 3.05) is 0 Å². The van der Waals surface area contributed by atoms with Crippen molar-refractivity contribution in [3.05, 3.63) is 29.3 Å². The molecule has 0 fully saturated rings. The number of nitrogens with two attached hydrogens (primary N) is 2. The largest absolute Gasteiger partial charge is 0.326 e. The molecule has 1 unspecified atom stereocenters. The normalized spacial score (nSPS) is 12.9. The predicted molar refractivity (Wildman–Crippen MR) is 51.4 cm³/mol. The molecule has 1 atom stereocenters. The lowest BCUT2D eigenvalue weighted by Crippen LogP contribution is -2.08. The SMILES string of the molecule is NCc1cc(F)c(S(N)=S)c(F)c1. The van der Waals surface area contributed by atoms with Gasteiger partial charge in [-0.3, -0.25) is 5.14 Å². The Balaban J connectivity index is 3.31. The average Bonchev–Trinajstić information content (AvgIpc) is 2.02. The fourth-order valence-corrected chi connectivity index (χ4v) is 1.90. The molecule has 0 aromatic heterocycles. The molecule has 1 rings (SSSR count). The molecule has 0 radical (unpaired) electrons. The summed E-state index contributed by atoms with van der Waals surface area (Å²) in [5, 5.41) is 5.24. The van der Waals surface area contributed by atoms with Crippen molar-refractivity contribution < 1.29 is 8.78 Å². The van der Waals surface area contributed by atoms with E-state index in [2.05, 4.69) is 11.2 Å². The van der Waals surface area contributed by atoms with Crippen molar-refractivity contribution in [1.82, 2.24) is 0 Å². The molecule has 6 heteroatoms. The molecule has 1 aromatic carbocycles. The highest BCUT2D eigenvalue weighted by Crippen LogP contribution is 2.17. The Morgan fingerprint density at radius 2 is 1.77 bits per heavy atom.